The van der Waals surface area contributed by atoms with Gasteiger partial charge in [0.25, 0.3) is 0 Å². The van der Waals surface area contributed by atoms with Crippen molar-refractivity contribution >= 4 is 23.3 Å². The van der Waals surface area contributed by atoms with Gasteiger partial charge in [-0.3, -0.25) is 4.79 Å². The van der Waals surface area contributed by atoms with Gasteiger partial charge in [-0.05, 0) is 38.2 Å². The summed E-state index contributed by atoms with van der Waals surface area (Å²) in [5.41, 5.74) is 0.880. The summed E-state index contributed by atoms with van der Waals surface area (Å²) in [4.78, 5) is 15.2. The lowest BCUT2D eigenvalue weighted by Crippen LogP contribution is -2.40. The van der Waals surface area contributed by atoms with Gasteiger partial charge in [0, 0.05) is 23.3 Å². The van der Waals surface area contributed by atoms with Gasteiger partial charge in [-0.2, -0.15) is 0 Å². The summed E-state index contributed by atoms with van der Waals surface area (Å²) in [6.45, 7) is 1.90. The van der Waals surface area contributed by atoms with E-state index in [2.05, 4.69) is 11.9 Å². The van der Waals surface area contributed by atoms with Gasteiger partial charge in [0.15, 0.2) is 0 Å². The largest absolute Gasteiger partial charge is 0.480 e. The molecular formula is C13H17ClN2O2. The Morgan fingerprint density at radius 2 is 2.39 bits per heavy atom. The predicted molar refractivity (Wildman–Crippen MR) is 72.3 cm³/mol. The molecule has 1 atom stereocenters. The summed E-state index contributed by atoms with van der Waals surface area (Å²) >= 11 is 5.98. The van der Waals surface area contributed by atoms with Crippen molar-refractivity contribution in [2.75, 3.05) is 31.6 Å². The van der Waals surface area contributed by atoms with Crippen LogP contribution in [0.1, 0.15) is 6.42 Å². The van der Waals surface area contributed by atoms with Crippen molar-refractivity contribution in [2.45, 2.75) is 12.5 Å². The van der Waals surface area contributed by atoms with Crippen LogP contribution in [0.25, 0.3) is 0 Å². The number of likely N-dealkylation sites (tertiary alicyclic amines) is 1. The van der Waals surface area contributed by atoms with Gasteiger partial charge in [-0.25, -0.2) is 0 Å². The SMILES string of the molecule is CN1CCC(N(CC(=O)O)c2cccc(Cl)c2)C1. The summed E-state index contributed by atoms with van der Waals surface area (Å²) in [5, 5.41) is 9.69. The molecule has 0 aromatic heterocycles. The smallest absolute Gasteiger partial charge is 0.323 e. The number of likely N-dealkylation sites (N-methyl/N-ethyl adjacent to an activating group) is 1. The number of carboxylic acids is 1. The van der Waals surface area contributed by atoms with Crippen LogP contribution in [-0.4, -0.2) is 48.7 Å². The molecule has 1 saturated heterocycles. The minimum atomic E-state index is -0.815. The first-order valence-corrected chi connectivity index (χ1v) is 6.36. The van der Waals surface area contributed by atoms with E-state index in [1.165, 1.54) is 0 Å². The van der Waals surface area contributed by atoms with Crippen molar-refractivity contribution in [2.24, 2.45) is 0 Å². The number of hydrogen-bond donors (Lipinski definition) is 1. The zero-order chi connectivity index (χ0) is 13.1. The Labute approximate surface area is 112 Å². The lowest BCUT2D eigenvalue weighted by molar-refractivity contribution is -0.135. The molecule has 0 amide bonds. The third-order valence-electron chi connectivity index (χ3n) is 3.25. The van der Waals surface area contributed by atoms with E-state index in [0.29, 0.717) is 5.02 Å². The van der Waals surface area contributed by atoms with Gasteiger partial charge in [0.1, 0.15) is 6.54 Å². The highest BCUT2D eigenvalue weighted by Gasteiger charge is 2.27. The highest BCUT2D eigenvalue weighted by atomic mass is 35.5. The number of hydrogen-bond acceptors (Lipinski definition) is 3. The highest BCUT2D eigenvalue weighted by molar-refractivity contribution is 6.30. The standard InChI is InChI=1S/C13H17ClN2O2/c1-15-6-5-12(8-15)16(9-13(17)18)11-4-2-3-10(14)7-11/h2-4,7,12H,5-6,8-9H2,1H3,(H,17,18). The van der Waals surface area contributed by atoms with E-state index >= 15 is 0 Å². The van der Waals surface area contributed by atoms with Crippen LogP contribution in [0.2, 0.25) is 5.02 Å². The maximum absolute atomic E-state index is 11.0. The van der Waals surface area contributed by atoms with Gasteiger partial charge in [0.2, 0.25) is 0 Å². The van der Waals surface area contributed by atoms with Crippen molar-refractivity contribution in [3.05, 3.63) is 29.3 Å². The molecule has 98 valence electrons. The minimum Gasteiger partial charge on any atom is -0.480 e. The first kappa shape index (κ1) is 13.2. The average Bonchev–Trinajstić information content (AvgIpc) is 2.72. The number of rotatable bonds is 4. The molecule has 1 aromatic carbocycles. The number of anilines is 1. The molecule has 1 aliphatic rings. The van der Waals surface area contributed by atoms with Crippen molar-refractivity contribution in [1.29, 1.82) is 0 Å². The van der Waals surface area contributed by atoms with Gasteiger partial charge < -0.3 is 14.9 Å². The van der Waals surface area contributed by atoms with E-state index in [-0.39, 0.29) is 12.6 Å². The topological polar surface area (TPSA) is 43.8 Å². The van der Waals surface area contributed by atoms with Crippen molar-refractivity contribution in [3.63, 3.8) is 0 Å². The van der Waals surface area contributed by atoms with Crippen LogP contribution < -0.4 is 4.90 Å². The molecule has 0 bridgehead atoms. The van der Waals surface area contributed by atoms with Crippen molar-refractivity contribution < 1.29 is 9.90 Å². The second-order valence-corrected chi connectivity index (χ2v) is 5.14. The number of carbonyl (C=O) groups is 1. The Hall–Kier alpha value is -1.26. The van der Waals surface area contributed by atoms with E-state index in [0.717, 1.165) is 25.2 Å². The summed E-state index contributed by atoms with van der Waals surface area (Å²) in [6, 6.07) is 7.62. The predicted octanol–water partition coefficient (Wildman–Crippen LogP) is 1.94. The lowest BCUT2D eigenvalue weighted by atomic mass is 10.2. The summed E-state index contributed by atoms with van der Waals surface area (Å²) < 4.78 is 0. The molecule has 1 aromatic rings. The van der Waals surface area contributed by atoms with Gasteiger partial charge >= 0.3 is 5.97 Å². The van der Waals surface area contributed by atoms with Crippen LogP contribution in [0.4, 0.5) is 5.69 Å². The number of benzene rings is 1. The van der Waals surface area contributed by atoms with Gasteiger partial charge in [-0.15, -0.1) is 0 Å². The Balaban J connectivity index is 2.22. The monoisotopic (exact) mass is 268 g/mol. The van der Waals surface area contributed by atoms with E-state index in [4.69, 9.17) is 16.7 Å². The maximum atomic E-state index is 11.0. The summed E-state index contributed by atoms with van der Waals surface area (Å²) in [6.07, 6.45) is 0.982. The molecule has 1 N–H and O–H groups in total. The van der Waals surface area contributed by atoms with Crippen LogP contribution in [0.15, 0.2) is 24.3 Å². The Morgan fingerprint density at radius 3 is 2.94 bits per heavy atom. The third kappa shape index (κ3) is 3.15. The van der Waals surface area contributed by atoms with Crippen molar-refractivity contribution in [3.8, 4) is 0 Å². The first-order valence-electron chi connectivity index (χ1n) is 5.99. The zero-order valence-electron chi connectivity index (χ0n) is 10.3. The average molecular weight is 269 g/mol. The fourth-order valence-corrected chi connectivity index (χ4v) is 2.58. The molecule has 0 saturated carbocycles. The third-order valence-corrected chi connectivity index (χ3v) is 3.49. The molecule has 0 aliphatic carbocycles. The van der Waals surface area contributed by atoms with Gasteiger partial charge in [0.05, 0.1) is 0 Å². The molecule has 1 fully saturated rings. The van der Waals surface area contributed by atoms with Crippen LogP contribution in [-0.2, 0) is 4.79 Å². The Bertz CT molecular complexity index is 439. The molecule has 18 heavy (non-hydrogen) atoms. The summed E-state index contributed by atoms with van der Waals surface area (Å²) in [7, 11) is 2.05. The quantitative estimate of drug-likeness (QED) is 0.906. The molecule has 1 heterocycles. The molecule has 0 spiro atoms. The molecular weight excluding hydrogens is 252 g/mol. The Morgan fingerprint density at radius 1 is 1.61 bits per heavy atom. The number of halogens is 1. The van der Waals surface area contributed by atoms with E-state index < -0.39 is 5.97 Å². The fraction of sp³-hybridized carbons (Fsp3) is 0.462. The number of carboxylic acid groups (broad SMARTS) is 1. The fourth-order valence-electron chi connectivity index (χ4n) is 2.40. The molecule has 1 aliphatic heterocycles. The second-order valence-electron chi connectivity index (χ2n) is 4.71. The maximum Gasteiger partial charge on any atom is 0.323 e. The van der Waals surface area contributed by atoms with Crippen LogP contribution >= 0.6 is 11.6 Å². The normalized spacial score (nSPS) is 20.0. The highest BCUT2D eigenvalue weighted by Crippen LogP contribution is 2.24. The van der Waals surface area contributed by atoms with Crippen LogP contribution in [0.5, 0.6) is 0 Å². The molecule has 2 rings (SSSR count). The number of aliphatic carboxylic acids is 1. The minimum absolute atomic E-state index is 0.0127. The van der Waals surface area contributed by atoms with Crippen LogP contribution in [0, 0.1) is 0 Å². The lowest BCUT2D eigenvalue weighted by Gasteiger charge is -2.29. The van der Waals surface area contributed by atoms with Crippen LogP contribution in [0.3, 0.4) is 0 Å². The molecule has 1 unspecified atom stereocenters. The number of nitrogens with zero attached hydrogens (tertiary/aromatic N) is 2. The molecule has 4 nitrogen and oxygen atoms in total. The Kier molecular flexibility index (Phi) is 4.09. The second kappa shape index (κ2) is 5.59. The zero-order valence-corrected chi connectivity index (χ0v) is 11.1. The molecule has 0 radical (unpaired) electrons. The first-order chi connectivity index (χ1) is 8.56. The molecule has 5 heteroatoms. The summed E-state index contributed by atoms with van der Waals surface area (Å²) in [5.74, 6) is -0.815. The van der Waals surface area contributed by atoms with Gasteiger partial charge in [-0.1, -0.05) is 17.7 Å². The van der Waals surface area contributed by atoms with E-state index in [1.807, 2.05) is 23.1 Å². The van der Waals surface area contributed by atoms with E-state index in [9.17, 15) is 4.79 Å². The van der Waals surface area contributed by atoms with E-state index in [1.54, 1.807) is 6.07 Å². The van der Waals surface area contributed by atoms with Crippen molar-refractivity contribution in [1.82, 2.24) is 4.90 Å².